The minimum Gasteiger partial charge on any atom is -0.318 e. The average Bonchev–Trinajstić information content (AvgIpc) is 3.16. The minimum atomic E-state index is -0.421. The van der Waals surface area contributed by atoms with E-state index in [0.29, 0.717) is 22.9 Å². The number of nitrogens with one attached hydrogen (secondary N) is 2. The highest BCUT2D eigenvalue weighted by Gasteiger charge is 2.34. The molecule has 1 aliphatic rings. The van der Waals surface area contributed by atoms with Crippen molar-refractivity contribution in [2.45, 2.75) is 6.04 Å². The molecule has 0 aliphatic carbocycles. The van der Waals surface area contributed by atoms with Gasteiger partial charge in [0.1, 0.15) is 11.7 Å². The Balaban J connectivity index is 1.84. The molecule has 1 aromatic carbocycles. The van der Waals surface area contributed by atoms with Crippen LogP contribution in [0.15, 0.2) is 59.7 Å². The van der Waals surface area contributed by atoms with Crippen molar-refractivity contribution in [3.63, 3.8) is 0 Å². The van der Waals surface area contributed by atoms with Gasteiger partial charge in [-0.3, -0.25) is 9.78 Å². The predicted molar refractivity (Wildman–Crippen MR) is 92.9 cm³/mol. The van der Waals surface area contributed by atoms with Gasteiger partial charge in [0.15, 0.2) is 0 Å². The lowest BCUT2D eigenvalue weighted by Crippen LogP contribution is -2.29. The van der Waals surface area contributed by atoms with Crippen molar-refractivity contribution in [1.82, 2.24) is 35.4 Å². The Morgan fingerprint density at radius 1 is 1.08 bits per heavy atom. The SMILES string of the molecule is O=c1[nH]nc(-c2ccccc2)c2c1Nc1nnnn1[C@H]2c1cccnc1. The Morgan fingerprint density at radius 2 is 1.96 bits per heavy atom. The minimum absolute atomic E-state index is 0.331. The van der Waals surface area contributed by atoms with Crippen LogP contribution in [0, 0.1) is 0 Å². The van der Waals surface area contributed by atoms with E-state index in [0.717, 1.165) is 11.1 Å². The van der Waals surface area contributed by atoms with Gasteiger partial charge in [0.25, 0.3) is 5.56 Å². The fourth-order valence-electron chi connectivity index (χ4n) is 3.20. The molecule has 1 aliphatic heterocycles. The molecule has 4 heterocycles. The van der Waals surface area contributed by atoms with Crippen molar-refractivity contribution in [1.29, 1.82) is 0 Å². The summed E-state index contributed by atoms with van der Waals surface area (Å²) >= 11 is 0. The summed E-state index contributed by atoms with van der Waals surface area (Å²) in [5, 5.41) is 21.7. The molecule has 5 rings (SSSR count). The number of H-pyrrole nitrogens is 1. The largest absolute Gasteiger partial charge is 0.318 e. The molecule has 1 atom stereocenters. The molecule has 0 saturated heterocycles. The number of hydrogen-bond acceptors (Lipinski definition) is 7. The van der Waals surface area contributed by atoms with Crippen LogP contribution in [0.5, 0.6) is 0 Å². The van der Waals surface area contributed by atoms with Crippen LogP contribution in [-0.4, -0.2) is 35.4 Å². The van der Waals surface area contributed by atoms with Crippen LogP contribution in [0.25, 0.3) is 11.3 Å². The van der Waals surface area contributed by atoms with E-state index >= 15 is 0 Å². The van der Waals surface area contributed by atoms with Crippen LogP contribution >= 0.6 is 0 Å². The van der Waals surface area contributed by atoms with Gasteiger partial charge in [-0.15, -0.1) is 0 Å². The quantitative estimate of drug-likeness (QED) is 0.499. The maximum Gasteiger partial charge on any atom is 0.288 e. The smallest absolute Gasteiger partial charge is 0.288 e. The maximum absolute atomic E-state index is 12.5. The van der Waals surface area contributed by atoms with Gasteiger partial charge in [0, 0.05) is 23.5 Å². The van der Waals surface area contributed by atoms with Crippen LogP contribution < -0.4 is 10.9 Å². The summed E-state index contributed by atoms with van der Waals surface area (Å²) in [6.07, 6.45) is 3.43. The number of nitrogens with zero attached hydrogens (tertiary/aromatic N) is 6. The molecule has 0 spiro atoms. The first-order valence-corrected chi connectivity index (χ1v) is 7.96. The normalized spacial score (nSPS) is 15.0. The van der Waals surface area contributed by atoms with E-state index < -0.39 is 6.04 Å². The highest BCUT2D eigenvalue weighted by Crippen LogP contribution is 2.40. The van der Waals surface area contributed by atoms with Crippen LogP contribution in [0.4, 0.5) is 11.6 Å². The first-order valence-electron chi connectivity index (χ1n) is 7.96. The number of pyridine rings is 1. The molecule has 9 nitrogen and oxygen atoms in total. The number of hydrogen-bond donors (Lipinski definition) is 2. The molecule has 0 radical (unpaired) electrons. The van der Waals surface area contributed by atoms with Gasteiger partial charge in [-0.05, 0) is 22.1 Å². The highest BCUT2D eigenvalue weighted by atomic mass is 16.1. The summed E-state index contributed by atoms with van der Waals surface area (Å²) in [4.78, 5) is 16.7. The van der Waals surface area contributed by atoms with Crippen LogP contribution in [0.3, 0.4) is 0 Å². The Hall–Kier alpha value is -3.88. The van der Waals surface area contributed by atoms with Crippen molar-refractivity contribution >= 4 is 11.6 Å². The Kier molecular flexibility index (Phi) is 3.11. The molecule has 0 amide bonds. The second-order valence-corrected chi connectivity index (χ2v) is 5.82. The zero-order chi connectivity index (χ0) is 17.5. The lowest BCUT2D eigenvalue weighted by Gasteiger charge is -2.27. The van der Waals surface area contributed by atoms with Gasteiger partial charge in [0.05, 0.1) is 5.69 Å². The van der Waals surface area contributed by atoms with Crippen molar-refractivity contribution in [2.75, 3.05) is 5.32 Å². The lowest BCUT2D eigenvalue weighted by molar-refractivity contribution is 0.566. The molecule has 0 unspecified atom stereocenters. The second-order valence-electron chi connectivity index (χ2n) is 5.82. The van der Waals surface area contributed by atoms with Gasteiger partial charge in [-0.1, -0.05) is 41.5 Å². The van der Waals surface area contributed by atoms with Gasteiger partial charge in [-0.25, -0.2) is 5.10 Å². The molecule has 9 heteroatoms. The molecule has 0 fully saturated rings. The van der Waals surface area contributed by atoms with E-state index in [-0.39, 0.29) is 5.56 Å². The van der Waals surface area contributed by atoms with Gasteiger partial charge < -0.3 is 5.32 Å². The third kappa shape index (κ3) is 2.10. The predicted octanol–water partition coefficient (Wildman–Crippen LogP) is 1.51. The van der Waals surface area contributed by atoms with Crippen molar-refractivity contribution < 1.29 is 0 Å². The number of aromatic amines is 1. The average molecular weight is 344 g/mol. The summed E-state index contributed by atoms with van der Waals surface area (Å²) in [5.74, 6) is 0.391. The number of fused-ring (bicyclic) bond motifs is 2. The summed E-state index contributed by atoms with van der Waals surface area (Å²) < 4.78 is 1.63. The van der Waals surface area contributed by atoms with Crippen LogP contribution in [-0.2, 0) is 0 Å². The highest BCUT2D eigenvalue weighted by molar-refractivity contribution is 5.75. The van der Waals surface area contributed by atoms with E-state index in [1.165, 1.54) is 0 Å². The first kappa shape index (κ1) is 14.5. The molecular formula is C17H12N8O. The Labute approximate surface area is 146 Å². The van der Waals surface area contributed by atoms with Crippen molar-refractivity contribution in [2.24, 2.45) is 0 Å². The molecule has 2 N–H and O–H groups in total. The van der Waals surface area contributed by atoms with Crippen LogP contribution in [0.2, 0.25) is 0 Å². The third-order valence-corrected chi connectivity index (χ3v) is 4.32. The van der Waals surface area contributed by atoms with Crippen molar-refractivity contribution in [3.05, 3.63) is 76.3 Å². The number of aromatic nitrogens is 7. The summed E-state index contributed by atoms with van der Waals surface area (Å²) in [6.45, 7) is 0. The van der Waals surface area contributed by atoms with Crippen molar-refractivity contribution in [3.8, 4) is 11.3 Å². The fourth-order valence-corrected chi connectivity index (χ4v) is 3.20. The number of rotatable bonds is 2. The summed E-state index contributed by atoms with van der Waals surface area (Å²) in [5.41, 5.74) is 3.15. The van der Waals surface area contributed by atoms with Gasteiger partial charge in [0.2, 0.25) is 5.95 Å². The monoisotopic (exact) mass is 344 g/mol. The van der Waals surface area contributed by atoms with E-state index in [1.807, 2.05) is 42.5 Å². The van der Waals surface area contributed by atoms with E-state index in [2.05, 4.69) is 36.0 Å². The fraction of sp³-hybridized carbons (Fsp3) is 0.0588. The third-order valence-electron chi connectivity index (χ3n) is 4.32. The molecule has 26 heavy (non-hydrogen) atoms. The lowest BCUT2D eigenvalue weighted by atomic mass is 9.93. The molecule has 0 saturated carbocycles. The van der Waals surface area contributed by atoms with Gasteiger partial charge in [-0.2, -0.15) is 9.78 Å². The van der Waals surface area contributed by atoms with E-state index in [1.54, 1.807) is 17.1 Å². The maximum atomic E-state index is 12.5. The summed E-state index contributed by atoms with van der Waals surface area (Å²) in [7, 11) is 0. The Morgan fingerprint density at radius 3 is 2.77 bits per heavy atom. The Bertz CT molecular complexity index is 1140. The first-order chi connectivity index (χ1) is 12.8. The van der Waals surface area contributed by atoms with E-state index in [9.17, 15) is 4.79 Å². The molecule has 3 aromatic heterocycles. The topological polar surface area (TPSA) is 114 Å². The summed E-state index contributed by atoms with van der Waals surface area (Å²) in [6, 6.07) is 13.0. The van der Waals surface area contributed by atoms with E-state index in [4.69, 9.17) is 0 Å². The zero-order valence-electron chi connectivity index (χ0n) is 13.4. The van der Waals surface area contributed by atoms with Gasteiger partial charge >= 0.3 is 0 Å². The number of tetrazole rings is 1. The number of benzene rings is 1. The molecule has 4 aromatic rings. The number of anilines is 2. The standard InChI is InChI=1S/C17H12N8O/c26-16-14-12(13(20-21-16)10-5-2-1-3-6-10)15(11-7-4-8-18-9-11)25-17(19-14)22-23-24-25/h1-9,15H,(H,21,26)(H,19,22,24)/t15-/m0/s1. The zero-order valence-corrected chi connectivity index (χ0v) is 13.4. The second kappa shape index (κ2) is 5.59. The molecule has 126 valence electrons. The molecule has 0 bridgehead atoms. The van der Waals surface area contributed by atoms with Crippen LogP contribution in [0.1, 0.15) is 17.2 Å². The molecular weight excluding hydrogens is 332 g/mol.